The Balaban J connectivity index is 1.61. The van der Waals surface area contributed by atoms with Gasteiger partial charge >= 0.3 is 0 Å². The molecule has 1 atom stereocenters. The van der Waals surface area contributed by atoms with Crippen LogP contribution >= 0.6 is 0 Å². The lowest BCUT2D eigenvalue weighted by Crippen LogP contribution is -2.42. The van der Waals surface area contributed by atoms with Gasteiger partial charge in [0.2, 0.25) is 5.91 Å². The molecule has 1 saturated heterocycles. The van der Waals surface area contributed by atoms with Crippen molar-refractivity contribution < 1.29 is 9.59 Å². The van der Waals surface area contributed by atoms with Crippen LogP contribution in [0.5, 0.6) is 0 Å². The Bertz CT molecular complexity index is 1180. The number of aromatic nitrogens is 3. The van der Waals surface area contributed by atoms with E-state index in [1.807, 2.05) is 42.5 Å². The number of carbonyl (C=O) groups is 2. The second-order valence-electron chi connectivity index (χ2n) is 9.98. The van der Waals surface area contributed by atoms with E-state index in [1.54, 1.807) is 29.0 Å². The first-order valence-electron chi connectivity index (χ1n) is 11.2. The van der Waals surface area contributed by atoms with Gasteiger partial charge in [0.05, 0.1) is 11.1 Å². The molecular formula is C26H31N5O2. The normalized spacial score (nSPS) is 18.5. The number of hydrogen-bond donors (Lipinski definition) is 1. The SMILES string of the molecule is Cn1nc(C(C)(C)C)cc1C(=O)N1CC[C@@](Cc2ccccc2-c2ccncc2)(C(N)=O)C1. The Kier molecular flexibility index (Phi) is 5.82. The van der Waals surface area contributed by atoms with Crippen molar-refractivity contribution in [3.63, 3.8) is 0 Å². The Morgan fingerprint density at radius 3 is 2.45 bits per heavy atom. The van der Waals surface area contributed by atoms with E-state index in [-0.39, 0.29) is 17.2 Å². The maximum absolute atomic E-state index is 13.4. The van der Waals surface area contributed by atoms with Crippen LogP contribution < -0.4 is 5.73 Å². The average molecular weight is 446 g/mol. The molecule has 1 aliphatic heterocycles. The summed E-state index contributed by atoms with van der Waals surface area (Å²) in [4.78, 5) is 31.9. The maximum Gasteiger partial charge on any atom is 0.272 e. The molecule has 3 heterocycles. The molecule has 4 rings (SSSR count). The van der Waals surface area contributed by atoms with E-state index in [9.17, 15) is 9.59 Å². The predicted octanol–water partition coefficient (Wildman–Crippen LogP) is 3.34. The zero-order valence-electron chi connectivity index (χ0n) is 19.7. The number of primary amides is 1. The molecule has 3 aromatic rings. The van der Waals surface area contributed by atoms with Crippen LogP contribution in [0.2, 0.25) is 0 Å². The van der Waals surface area contributed by atoms with Crippen molar-refractivity contribution >= 4 is 11.8 Å². The van der Waals surface area contributed by atoms with Crippen molar-refractivity contribution in [2.75, 3.05) is 13.1 Å². The van der Waals surface area contributed by atoms with Crippen molar-refractivity contribution in [1.29, 1.82) is 0 Å². The minimum absolute atomic E-state index is 0.119. The highest BCUT2D eigenvalue weighted by Gasteiger charge is 2.45. The van der Waals surface area contributed by atoms with Crippen LogP contribution in [0, 0.1) is 5.41 Å². The largest absolute Gasteiger partial charge is 0.369 e. The van der Waals surface area contributed by atoms with Crippen LogP contribution in [-0.4, -0.2) is 44.6 Å². The summed E-state index contributed by atoms with van der Waals surface area (Å²) in [7, 11) is 1.78. The molecule has 7 nitrogen and oxygen atoms in total. The summed E-state index contributed by atoms with van der Waals surface area (Å²) in [6.45, 7) is 6.98. The van der Waals surface area contributed by atoms with Crippen LogP contribution in [0.1, 0.15) is 48.9 Å². The van der Waals surface area contributed by atoms with Crippen LogP contribution in [0.25, 0.3) is 11.1 Å². The number of hydrogen-bond acceptors (Lipinski definition) is 4. The third kappa shape index (κ3) is 4.40. The van der Waals surface area contributed by atoms with Crippen molar-refractivity contribution in [2.45, 2.75) is 39.0 Å². The molecule has 7 heteroatoms. The van der Waals surface area contributed by atoms with Crippen LogP contribution in [-0.2, 0) is 23.7 Å². The molecule has 0 unspecified atom stereocenters. The maximum atomic E-state index is 13.4. The number of rotatable bonds is 5. The Labute approximate surface area is 194 Å². The van der Waals surface area contributed by atoms with Gasteiger partial charge in [-0.15, -0.1) is 0 Å². The molecule has 1 aromatic carbocycles. The second kappa shape index (κ2) is 8.46. The molecule has 2 N–H and O–H groups in total. The number of amides is 2. The number of pyridine rings is 1. The van der Waals surface area contributed by atoms with Crippen molar-refractivity contribution in [2.24, 2.45) is 18.2 Å². The minimum Gasteiger partial charge on any atom is -0.369 e. The van der Waals surface area contributed by atoms with E-state index in [0.29, 0.717) is 31.6 Å². The van der Waals surface area contributed by atoms with E-state index < -0.39 is 5.41 Å². The van der Waals surface area contributed by atoms with E-state index in [1.165, 1.54) is 0 Å². The number of benzene rings is 1. The van der Waals surface area contributed by atoms with Crippen molar-refractivity contribution in [3.05, 3.63) is 71.8 Å². The zero-order valence-corrected chi connectivity index (χ0v) is 19.7. The molecule has 172 valence electrons. The fraction of sp³-hybridized carbons (Fsp3) is 0.385. The van der Waals surface area contributed by atoms with Gasteiger partial charge in [-0.3, -0.25) is 19.3 Å². The number of nitrogens with two attached hydrogens (primary N) is 1. The zero-order chi connectivity index (χ0) is 23.8. The van der Waals surface area contributed by atoms with Crippen LogP contribution in [0.3, 0.4) is 0 Å². The molecule has 0 radical (unpaired) electrons. The Morgan fingerprint density at radius 2 is 1.82 bits per heavy atom. The first-order valence-corrected chi connectivity index (χ1v) is 11.2. The first-order chi connectivity index (χ1) is 15.6. The van der Waals surface area contributed by atoms with Crippen LogP contribution in [0.4, 0.5) is 0 Å². The number of aryl methyl sites for hydroxylation is 1. The highest BCUT2D eigenvalue weighted by molar-refractivity contribution is 5.94. The molecular weight excluding hydrogens is 414 g/mol. The summed E-state index contributed by atoms with van der Waals surface area (Å²) in [6.07, 6.45) is 4.52. The van der Waals surface area contributed by atoms with Gasteiger partial charge < -0.3 is 10.6 Å². The lowest BCUT2D eigenvalue weighted by atomic mass is 9.78. The summed E-state index contributed by atoms with van der Waals surface area (Å²) in [6, 6.07) is 13.8. The summed E-state index contributed by atoms with van der Waals surface area (Å²) in [5.41, 5.74) is 9.49. The predicted molar refractivity (Wildman–Crippen MR) is 127 cm³/mol. The molecule has 2 amide bonds. The monoisotopic (exact) mass is 445 g/mol. The van der Waals surface area contributed by atoms with Gasteiger partial charge in [0.15, 0.2) is 0 Å². The number of nitrogens with zero attached hydrogens (tertiary/aromatic N) is 4. The minimum atomic E-state index is -0.815. The molecule has 0 bridgehead atoms. The lowest BCUT2D eigenvalue weighted by Gasteiger charge is -2.27. The first kappa shape index (κ1) is 22.7. The Hall–Kier alpha value is -3.48. The fourth-order valence-electron chi connectivity index (χ4n) is 4.53. The molecule has 1 aliphatic rings. The molecule has 0 spiro atoms. The molecule has 0 aliphatic carbocycles. The van der Waals surface area contributed by atoms with E-state index in [0.717, 1.165) is 22.4 Å². The quantitative estimate of drug-likeness (QED) is 0.652. The second-order valence-corrected chi connectivity index (χ2v) is 9.98. The van der Waals surface area contributed by atoms with E-state index >= 15 is 0 Å². The number of likely N-dealkylation sites (tertiary alicyclic amines) is 1. The van der Waals surface area contributed by atoms with Gasteiger partial charge in [0.25, 0.3) is 5.91 Å². The van der Waals surface area contributed by atoms with E-state index in [2.05, 4.69) is 30.9 Å². The smallest absolute Gasteiger partial charge is 0.272 e. The Morgan fingerprint density at radius 1 is 1.12 bits per heavy atom. The summed E-state index contributed by atoms with van der Waals surface area (Å²) in [5, 5.41) is 4.53. The van der Waals surface area contributed by atoms with Gasteiger partial charge in [-0.25, -0.2) is 0 Å². The van der Waals surface area contributed by atoms with Crippen LogP contribution in [0.15, 0.2) is 54.9 Å². The van der Waals surface area contributed by atoms with Gasteiger partial charge in [-0.2, -0.15) is 5.10 Å². The summed E-state index contributed by atoms with van der Waals surface area (Å²) < 4.78 is 1.63. The summed E-state index contributed by atoms with van der Waals surface area (Å²) in [5.74, 6) is -0.492. The standard InChI is InChI=1S/C26H31N5O2/c1-25(2,3)22-15-21(30(4)29-22)23(32)31-14-11-26(17-31,24(27)33)16-19-7-5-6-8-20(19)18-9-12-28-13-10-18/h5-10,12-13,15H,11,14,16-17H2,1-4H3,(H2,27,33)/t26-/m0/s1. The highest BCUT2D eigenvalue weighted by Crippen LogP contribution is 2.37. The van der Waals surface area contributed by atoms with Gasteiger partial charge in [-0.1, -0.05) is 45.0 Å². The van der Waals surface area contributed by atoms with E-state index in [4.69, 9.17) is 5.73 Å². The molecule has 2 aromatic heterocycles. The lowest BCUT2D eigenvalue weighted by molar-refractivity contribution is -0.126. The topological polar surface area (TPSA) is 94.1 Å². The summed E-state index contributed by atoms with van der Waals surface area (Å²) >= 11 is 0. The third-order valence-corrected chi connectivity index (χ3v) is 6.57. The van der Waals surface area contributed by atoms with Gasteiger partial charge in [0.1, 0.15) is 5.69 Å². The van der Waals surface area contributed by atoms with Gasteiger partial charge in [0, 0.05) is 37.9 Å². The number of carbonyl (C=O) groups excluding carboxylic acids is 2. The van der Waals surface area contributed by atoms with Crippen molar-refractivity contribution in [3.8, 4) is 11.1 Å². The highest BCUT2D eigenvalue weighted by atomic mass is 16.2. The van der Waals surface area contributed by atoms with Gasteiger partial charge in [-0.05, 0) is 47.7 Å². The fourth-order valence-corrected chi connectivity index (χ4v) is 4.53. The molecule has 1 fully saturated rings. The third-order valence-electron chi connectivity index (χ3n) is 6.57. The molecule has 33 heavy (non-hydrogen) atoms. The average Bonchev–Trinajstić information content (AvgIpc) is 3.39. The van der Waals surface area contributed by atoms with Crippen molar-refractivity contribution in [1.82, 2.24) is 19.7 Å². The molecule has 0 saturated carbocycles.